The van der Waals surface area contributed by atoms with Gasteiger partial charge < -0.3 is 19.3 Å². The summed E-state index contributed by atoms with van der Waals surface area (Å²) >= 11 is 0. The van der Waals surface area contributed by atoms with E-state index in [4.69, 9.17) is 27.6 Å². The Kier molecular flexibility index (Phi) is 11.4. The Morgan fingerprint density at radius 3 is 1.35 bits per heavy atom. The first-order chi connectivity index (χ1) is 22.8. The predicted molar refractivity (Wildman–Crippen MR) is 177 cm³/mol. The van der Waals surface area contributed by atoms with Gasteiger partial charge in [0.2, 0.25) is 11.6 Å². The Morgan fingerprint density at radius 1 is 0.646 bits per heavy atom. The average molecular weight is 701 g/mol. The number of amides is 2. The Morgan fingerprint density at radius 2 is 1.00 bits per heavy atom. The normalized spacial score (nSPS) is 20.5. The Labute approximate surface area is 282 Å². The zero-order chi connectivity index (χ0) is 34.4. The van der Waals surface area contributed by atoms with Crippen molar-refractivity contribution in [3.05, 3.63) is 107 Å². The molecule has 2 unspecified atom stereocenters. The molecule has 14 heteroatoms. The lowest BCUT2D eigenvalue weighted by Crippen LogP contribution is -2.43. The molecular formula is C34H42N2O10P2. The van der Waals surface area contributed by atoms with Gasteiger partial charge in [0, 0.05) is 22.0 Å². The van der Waals surface area contributed by atoms with E-state index in [9.17, 15) is 19.4 Å². The molecule has 0 aromatic heterocycles. The molecule has 2 saturated heterocycles. The van der Waals surface area contributed by atoms with Gasteiger partial charge in [0.15, 0.2) is 0 Å². The van der Waals surface area contributed by atoms with E-state index in [1.54, 1.807) is 24.3 Å². The van der Waals surface area contributed by atoms with Crippen molar-refractivity contribution in [1.82, 2.24) is 10.6 Å². The van der Waals surface area contributed by atoms with Crippen molar-refractivity contribution in [2.24, 2.45) is 10.8 Å². The van der Waals surface area contributed by atoms with E-state index in [1.807, 2.05) is 88.4 Å². The van der Waals surface area contributed by atoms with Crippen LogP contribution in [0, 0.1) is 10.8 Å². The van der Waals surface area contributed by atoms with Gasteiger partial charge in [-0.25, -0.2) is 27.7 Å². The molecule has 48 heavy (non-hydrogen) atoms. The summed E-state index contributed by atoms with van der Waals surface area (Å²) in [5, 5.41) is 5.34. The van der Waals surface area contributed by atoms with Crippen LogP contribution < -0.4 is 20.4 Å². The second-order valence-electron chi connectivity index (χ2n) is 13.4. The summed E-state index contributed by atoms with van der Waals surface area (Å²) in [4.78, 5) is 54.7. The summed E-state index contributed by atoms with van der Waals surface area (Å²) in [6, 6.07) is 24.6. The molecule has 0 saturated carbocycles. The molecule has 0 spiro atoms. The largest absolute Gasteiger partial charge is 0.630 e. The topological polar surface area (TPSA) is 160 Å². The van der Waals surface area contributed by atoms with Crippen LogP contribution in [0.15, 0.2) is 84.9 Å². The highest BCUT2D eigenvalue weighted by Crippen LogP contribution is 2.68. The van der Waals surface area contributed by atoms with E-state index < -0.39 is 50.5 Å². The third kappa shape index (κ3) is 9.49. The average Bonchev–Trinajstić information content (AvgIpc) is 3.08. The SMILES string of the molecule is CC1(C)CO[P+]([O-])(C(NC(=O)OCc2ccccc2)c2cccc(C(NC(=O)OCc3ccccc3)[P+]3([O-])OCC(C)(C)CO3)c2)OC1. The molecule has 2 atom stereocenters. The maximum Gasteiger partial charge on any atom is 0.410 e. The first kappa shape index (κ1) is 36.1. The standard InChI is InChI=1S/C34H42N2O10P2/c1-33(2)21-43-47(39,44-22-33)29(35-31(37)41-19-25-12-7-5-8-13-25)27-16-11-17-28(18-27)30(48(40)45-23-34(3,4)24-46-48)36-32(38)42-20-26-14-9-6-10-15-26/h5-18,29-30H,19-24H2,1-4H3,(H,35,37)(H,36,38). The van der Waals surface area contributed by atoms with Crippen LogP contribution in [0.5, 0.6) is 0 Å². The number of alkyl carbamates (subject to hydrolysis) is 2. The van der Waals surface area contributed by atoms with Crippen molar-refractivity contribution in [2.75, 3.05) is 26.4 Å². The molecule has 0 bridgehead atoms. The highest BCUT2D eigenvalue weighted by molar-refractivity contribution is 7.60. The second kappa shape index (κ2) is 15.2. The number of hydrogen-bond donors (Lipinski definition) is 2. The first-order valence-corrected chi connectivity index (χ1v) is 18.8. The van der Waals surface area contributed by atoms with Gasteiger partial charge in [-0.15, -0.1) is 0 Å². The van der Waals surface area contributed by atoms with Gasteiger partial charge in [0.25, 0.3) is 15.9 Å². The van der Waals surface area contributed by atoms with Crippen LogP contribution in [-0.4, -0.2) is 38.6 Å². The quantitative estimate of drug-likeness (QED) is 0.243. The fourth-order valence-electron chi connectivity index (χ4n) is 4.86. The Hall–Kier alpha value is -3.18. The van der Waals surface area contributed by atoms with Gasteiger partial charge in [0.05, 0.1) is 0 Å². The summed E-state index contributed by atoms with van der Waals surface area (Å²) in [5.41, 5.74) is 1.29. The van der Waals surface area contributed by atoms with Gasteiger partial charge in [-0.1, -0.05) is 107 Å². The van der Waals surface area contributed by atoms with E-state index in [1.165, 1.54) is 0 Å². The number of ether oxygens (including phenoxy) is 2. The van der Waals surface area contributed by atoms with Crippen LogP contribution in [0.4, 0.5) is 9.59 Å². The summed E-state index contributed by atoms with van der Waals surface area (Å²) in [6.07, 6.45) is -1.70. The molecule has 2 aliphatic rings. The molecule has 2 fully saturated rings. The second-order valence-corrected chi connectivity index (χ2v) is 17.6. The number of carbonyl (C=O) groups excluding carboxylic acids is 2. The molecule has 0 radical (unpaired) electrons. The van der Waals surface area contributed by atoms with Crippen LogP contribution in [0.3, 0.4) is 0 Å². The molecule has 2 amide bonds. The monoisotopic (exact) mass is 700 g/mol. The smallest absolute Gasteiger partial charge is 0.410 e. The van der Waals surface area contributed by atoms with Crippen molar-refractivity contribution in [2.45, 2.75) is 52.5 Å². The molecule has 5 rings (SSSR count). The van der Waals surface area contributed by atoms with E-state index >= 15 is 0 Å². The molecule has 2 N–H and O–H groups in total. The fourth-order valence-corrected chi connectivity index (χ4v) is 9.30. The number of benzene rings is 3. The van der Waals surface area contributed by atoms with Crippen molar-refractivity contribution < 1.29 is 46.9 Å². The minimum atomic E-state index is -4.02. The maximum absolute atomic E-state index is 14.2. The van der Waals surface area contributed by atoms with Crippen LogP contribution in [0.1, 0.15) is 61.5 Å². The summed E-state index contributed by atoms with van der Waals surface area (Å²) in [6.45, 7) is 8.04. The number of carbonyl (C=O) groups is 2. The van der Waals surface area contributed by atoms with Gasteiger partial charge in [-0.05, 0) is 17.2 Å². The van der Waals surface area contributed by atoms with Crippen molar-refractivity contribution in [1.29, 1.82) is 0 Å². The first-order valence-electron chi connectivity index (χ1n) is 15.6. The van der Waals surface area contributed by atoms with Gasteiger partial charge >= 0.3 is 12.2 Å². The fraction of sp³-hybridized carbons (Fsp3) is 0.412. The zero-order valence-electron chi connectivity index (χ0n) is 27.5. The van der Waals surface area contributed by atoms with Crippen molar-refractivity contribution in [3.8, 4) is 0 Å². The summed E-state index contributed by atoms with van der Waals surface area (Å²) in [5.74, 6) is -2.62. The third-order valence-electron chi connectivity index (χ3n) is 7.65. The lowest BCUT2D eigenvalue weighted by molar-refractivity contribution is -0.238. The molecule has 12 nitrogen and oxygen atoms in total. The highest BCUT2D eigenvalue weighted by Gasteiger charge is 2.52. The third-order valence-corrected chi connectivity index (χ3v) is 11.7. The van der Waals surface area contributed by atoms with Crippen LogP contribution >= 0.6 is 15.9 Å². The molecule has 3 aromatic carbocycles. The molecule has 258 valence electrons. The molecule has 2 aliphatic heterocycles. The van der Waals surface area contributed by atoms with Crippen LogP contribution in [0.25, 0.3) is 0 Å². The zero-order valence-corrected chi connectivity index (χ0v) is 29.2. The maximum atomic E-state index is 14.2. The van der Waals surface area contributed by atoms with Crippen LogP contribution in [0.2, 0.25) is 0 Å². The van der Waals surface area contributed by atoms with Crippen molar-refractivity contribution >= 4 is 28.1 Å². The molecular weight excluding hydrogens is 658 g/mol. The number of hydrogen-bond acceptors (Lipinski definition) is 10. The van der Waals surface area contributed by atoms with Gasteiger partial charge in [-0.2, -0.15) is 0 Å². The van der Waals surface area contributed by atoms with Crippen molar-refractivity contribution in [3.63, 3.8) is 0 Å². The van der Waals surface area contributed by atoms with E-state index in [2.05, 4.69) is 10.6 Å². The van der Waals surface area contributed by atoms with Gasteiger partial charge in [0.1, 0.15) is 39.6 Å². The summed E-state index contributed by atoms with van der Waals surface area (Å²) in [7, 11) is -8.04. The Bertz CT molecular complexity index is 1410. The summed E-state index contributed by atoms with van der Waals surface area (Å²) < 4.78 is 34.2. The highest BCUT2D eigenvalue weighted by atomic mass is 31.2. The number of nitrogens with one attached hydrogen (secondary N) is 2. The lowest BCUT2D eigenvalue weighted by atomic mass is 9.97. The predicted octanol–water partition coefficient (Wildman–Crippen LogP) is 5.93. The van der Waals surface area contributed by atoms with E-state index in [-0.39, 0.29) is 39.6 Å². The Balaban J connectivity index is 1.43. The van der Waals surface area contributed by atoms with E-state index in [0.717, 1.165) is 11.1 Å². The minimum absolute atomic E-state index is 0.0240. The van der Waals surface area contributed by atoms with Crippen LogP contribution in [-0.2, 0) is 40.8 Å². The minimum Gasteiger partial charge on any atom is -0.630 e. The number of rotatable bonds is 10. The molecule has 0 aliphatic carbocycles. The molecule has 2 heterocycles. The molecule has 3 aromatic rings. The lowest BCUT2D eigenvalue weighted by Gasteiger charge is -2.42. The van der Waals surface area contributed by atoms with Gasteiger partial charge in [-0.3, -0.25) is 10.6 Å². The van der Waals surface area contributed by atoms with E-state index in [0.29, 0.717) is 11.1 Å².